The van der Waals surface area contributed by atoms with Crippen molar-refractivity contribution in [1.82, 2.24) is 10.1 Å². The van der Waals surface area contributed by atoms with Gasteiger partial charge in [0.1, 0.15) is 11.9 Å². The van der Waals surface area contributed by atoms with Gasteiger partial charge in [0.25, 0.3) is 5.69 Å². The first kappa shape index (κ1) is 14.0. The molecule has 0 aliphatic heterocycles. The lowest BCUT2D eigenvalue weighted by atomic mass is 10.1. The first-order valence-corrected chi connectivity index (χ1v) is 6.73. The second-order valence-corrected chi connectivity index (χ2v) is 5.07. The predicted molar refractivity (Wildman–Crippen MR) is 79.1 cm³/mol. The van der Waals surface area contributed by atoms with Gasteiger partial charge in [-0.25, -0.2) is 4.98 Å². The Hall–Kier alpha value is -2.96. The molecule has 3 aromatic rings. The van der Waals surface area contributed by atoms with Crippen molar-refractivity contribution in [2.24, 2.45) is 0 Å². The van der Waals surface area contributed by atoms with Gasteiger partial charge in [-0.15, -0.1) is 0 Å². The molecule has 7 heteroatoms. The van der Waals surface area contributed by atoms with Crippen molar-refractivity contribution in [2.75, 3.05) is 0 Å². The molecule has 7 nitrogen and oxygen atoms in total. The van der Waals surface area contributed by atoms with Crippen molar-refractivity contribution in [2.45, 2.75) is 19.8 Å². The molecule has 0 spiro atoms. The van der Waals surface area contributed by atoms with E-state index in [1.807, 2.05) is 19.9 Å². The van der Waals surface area contributed by atoms with Crippen LogP contribution in [0.5, 0.6) is 11.6 Å². The Labute approximate surface area is 125 Å². The van der Waals surface area contributed by atoms with Crippen LogP contribution in [0.3, 0.4) is 0 Å². The van der Waals surface area contributed by atoms with E-state index in [-0.39, 0.29) is 17.5 Å². The maximum absolute atomic E-state index is 10.6. The highest BCUT2D eigenvalue weighted by atomic mass is 16.6. The molecule has 0 saturated carbocycles. The zero-order chi connectivity index (χ0) is 15.7. The van der Waals surface area contributed by atoms with Crippen molar-refractivity contribution < 1.29 is 14.2 Å². The molecule has 0 unspecified atom stereocenters. The summed E-state index contributed by atoms with van der Waals surface area (Å²) >= 11 is 0. The van der Waals surface area contributed by atoms with E-state index in [1.54, 1.807) is 12.1 Å². The number of aromatic nitrogens is 2. The van der Waals surface area contributed by atoms with E-state index < -0.39 is 4.92 Å². The first-order chi connectivity index (χ1) is 10.6. The van der Waals surface area contributed by atoms with Gasteiger partial charge < -0.3 is 9.26 Å². The fraction of sp³-hybridized carbons (Fsp3) is 0.200. The van der Waals surface area contributed by atoms with Gasteiger partial charge in [-0.3, -0.25) is 10.1 Å². The van der Waals surface area contributed by atoms with Gasteiger partial charge >= 0.3 is 0 Å². The lowest BCUT2D eigenvalue weighted by Crippen LogP contribution is -1.93. The Morgan fingerprint density at radius 2 is 2.09 bits per heavy atom. The van der Waals surface area contributed by atoms with Crippen LogP contribution in [0.1, 0.15) is 25.5 Å². The summed E-state index contributed by atoms with van der Waals surface area (Å²) in [5.74, 6) is 1.01. The summed E-state index contributed by atoms with van der Waals surface area (Å²) in [6.07, 6.45) is 1.16. The van der Waals surface area contributed by atoms with Gasteiger partial charge in [-0.05, 0) is 18.1 Å². The van der Waals surface area contributed by atoms with Crippen LogP contribution >= 0.6 is 0 Å². The Bertz CT molecular complexity index is 824. The number of pyridine rings is 1. The molecule has 0 radical (unpaired) electrons. The van der Waals surface area contributed by atoms with Gasteiger partial charge in [-0.2, -0.15) is 0 Å². The van der Waals surface area contributed by atoms with Crippen molar-refractivity contribution in [3.63, 3.8) is 0 Å². The van der Waals surface area contributed by atoms with Gasteiger partial charge in [0.15, 0.2) is 5.58 Å². The maximum atomic E-state index is 10.6. The Morgan fingerprint density at radius 3 is 2.73 bits per heavy atom. The number of nitro groups is 1. The number of hydrogen-bond donors (Lipinski definition) is 0. The highest BCUT2D eigenvalue weighted by molar-refractivity contribution is 5.86. The number of ether oxygens (including phenoxy) is 1. The highest BCUT2D eigenvalue weighted by Gasteiger charge is 2.17. The van der Waals surface area contributed by atoms with Gasteiger partial charge in [-0.1, -0.05) is 25.1 Å². The van der Waals surface area contributed by atoms with Crippen LogP contribution in [0.25, 0.3) is 11.0 Å². The number of benzene rings is 1. The second kappa shape index (κ2) is 5.44. The number of fused-ring (bicyclic) bond motifs is 1. The second-order valence-electron chi connectivity index (χ2n) is 5.07. The van der Waals surface area contributed by atoms with Crippen LogP contribution in [-0.2, 0) is 0 Å². The smallest absolute Gasteiger partial charge is 0.287 e. The van der Waals surface area contributed by atoms with E-state index in [4.69, 9.17) is 9.26 Å². The molecule has 0 bridgehead atoms. The third-order valence-corrected chi connectivity index (χ3v) is 3.18. The van der Waals surface area contributed by atoms with Crippen LogP contribution in [0, 0.1) is 10.1 Å². The Kier molecular flexibility index (Phi) is 3.46. The molecule has 0 N–H and O–H groups in total. The first-order valence-electron chi connectivity index (χ1n) is 6.73. The maximum Gasteiger partial charge on any atom is 0.287 e. The minimum Gasteiger partial charge on any atom is -0.438 e. The van der Waals surface area contributed by atoms with E-state index in [9.17, 15) is 10.1 Å². The summed E-state index contributed by atoms with van der Waals surface area (Å²) in [6, 6.07) is 8.19. The van der Waals surface area contributed by atoms with Gasteiger partial charge in [0.05, 0.1) is 16.0 Å². The topological polar surface area (TPSA) is 91.3 Å². The molecular formula is C15H13N3O4. The highest BCUT2D eigenvalue weighted by Crippen LogP contribution is 2.34. The zero-order valence-electron chi connectivity index (χ0n) is 12.0. The largest absolute Gasteiger partial charge is 0.438 e. The molecule has 2 heterocycles. The van der Waals surface area contributed by atoms with Crippen LogP contribution in [0.2, 0.25) is 0 Å². The zero-order valence-corrected chi connectivity index (χ0v) is 12.0. The quantitative estimate of drug-likeness (QED) is 0.533. The third kappa shape index (κ3) is 2.48. The molecule has 0 amide bonds. The van der Waals surface area contributed by atoms with Crippen molar-refractivity contribution >= 4 is 16.7 Å². The average Bonchev–Trinajstić information content (AvgIpc) is 2.93. The minimum atomic E-state index is -0.506. The predicted octanol–water partition coefficient (Wildman–Crippen LogP) is 4.05. The third-order valence-electron chi connectivity index (χ3n) is 3.18. The lowest BCUT2D eigenvalue weighted by Gasteiger charge is -2.07. The summed E-state index contributed by atoms with van der Waals surface area (Å²) in [7, 11) is 0. The number of nitrogens with zero attached hydrogens (tertiary/aromatic N) is 3. The normalized spacial score (nSPS) is 11.0. The van der Waals surface area contributed by atoms with Crippen LogP contribution in [0.15, 0.2) is 41.1 Å². The molecule has 2 aromatic heterocycles. The van der Waals surface area contributed by atoms with Crippen LogP contribution in [0.4, 0.5) is 5.69 Å². The Morgan fingerprint density at radius 1 is 1.27 bits per heavy atom. The molecule has 0 aliphatic carbocycles. The fourth-order valence-electron chi connectivity index (χ4n) is 2.12. The van der Waals surface area contributed by atoms with E-state index in [0.717, 1.165) is 17.3 Å². The van der Waals surface area contributed by atoms with Gasteiger partial charge in [0, 0.05) is 12.1 Å². The SMILES string of the molecule is CC(C)c1noc2cccc(Oc3ccc([N+](=O)[O-])cn3)c12. The summed E-state index contributed by atoms with van der Waals surface area (Å²) in [5.41, 5.74) is 1.34. The van der Waals surface area contributed by atoms with E-state index in [0.29, 0.717) is 11.3 Å². The minimum absolute atomic E-state index is 0.0848. The monoisotopic (exact) mass is 299 g/mol. The van der Waals surface area contributed by atoms with Crippen LogP contribution < -0.4 is 4.74 Å². The molecule has 0 atom stereocenters. The molecule has 22 heavy (non-hydrogen) atoms. The number of hydrogen-bond acceptors (Lipinski definition) is 6. The molecule has 0 aliphatic rings. The molecular weight excluding hydrogens is 286 g/mol. The van der Waals surface area contributed by atoms with Crippen LogP contribution in [-0.4, -0.2) is 15.1 Å². The lowest BCUT2D eigenvalue weighted by molar-refractivity contribution is -0.385. The molecule has 1 aromatic carbocycles. The fourth-order valence-corrected chi connectivity index (χ4v) is 2.12. The molecule has 0 saturated heterocycles. The average molecular weight is 299 g/mol. The van der Waals surface area contributed by atoms with Crippen molar-refractivity contribution in [1.29, 1.82) is 0 Å². The van der Waals surface area contributed by atoms with E-state index in [1.165, 1.54) is 12.1 Å². The molecule has 0 fully saturated rings. The van der Waals surface area contributed by atoms with Crippen molar-refractivity contribution in [3.8, 4) is 11.6 Å². The number of rotatable bonds is 4. The summed E-state index contributed by atoms with van der Waals surface area (Å²) < 4.78 is 11.0. The van der Waals surface area contributed by atoms with Crippen molar-refractivity contribution in [3.05, 3.63) is 52.3 Å². The van der Waals surface area contributed by atoms with Gasteiger partial charge in [0.2, 0.25) is 5.88 Å². The standard InChI is InChI=1S/C15H13N3O4/c1-9(2)15-14-11(4-3-5-12(14)22-17-15)21-13-7-6-10(8-16-13)18(19)20/h3-9H,1-2H3. The van der Waals surface area contributed by atoms with E-state index in [2.05, 4.69) is 10.1 Å². The van der Waals surface area contributed by atoms with E-state index >= 15 is 0 Å². The summed E-state index contributed by atoms with van der Waals surface area (Å²) in [4.78, 5) is 14.1. The molecule has 112 valence electrons. The summed E-state index contributed by atoms with van der Waals surface area (Å²) in [6.45, 7) is 4.02. The summed E-state index contributed by atoms with van der Waals surface area (Å²) in [5, 5.41) is 15.5. The Balaban J connectivity index is 1.99. The molecule has 3 rings (SSSR count).